The van der Waals surface area contributed by atoms with Gasteiger partial charge in [0.05, 0.1) is 23.9 Å². The van der Waals surface area contributed by atoms with Crippen LogP contribution < -0.4 is 5.32 Å². The molecule has 4 rings (SSSR count). The van der Waals surface area contributed by atoms with E-state index in [0.29, 0.717) is 22.5 Å². The molecule has 1 fully saturated rings. The van der Waals surface area contributed by atoms with Gasteiger partial charge in [0, 0.05) is 35.6 Å². The maximum absolute atomic E-state index is 13.6. The minimum absolute atomic E-state index is 0.0137. The largest absolute Gasteiger partial charge is 0.465 e. The van der Waals surface area contributed by atoms with Crippen LogP contribution >= 0.6 is 0 Å². The molecule has 0 spiro atoms. The average molecular weight is 433 g/mol. The van der Waals surface area contributed by atoms with E-state index in [1.54, 1.807) is 30.5 Å². The Morgan fingerprint density at radius 3 is 2.66 bits per heavy atom. The number of piperidine rings is 1. The molecular weight excluding hydrogens is 404 g/mol. The Kier molecular flexibility index (Phi) is 6.35. The smallest absolute Gasteiger partial charge is 0.337 e. The molecule has 32 heavy (non-hydrogen) atoms. The lowest BCUT2D eigenvalue weighted by Crippen LogP contribution is -2.43. The fourth-order valence-electron chi connectivity index (χ4n) is 4.27. The van der Waals surface area contributed by atoms with Gasteiger partial charge in [0.25, 0.3) is 5.91 Å². The normalized spacial score (nSPS) is 16.1. The molecule has 0 bridgehead atoms. The number of nitrogens with one attached hydrogen (secondary N) is 1. The van der Waals surface area contributed by atoms with Crippen molar-refractivity contribution in [2.45, 2.75) is 45.6 Å². The quantitative estimate of drug-likeness (QED) is 0.579. The van der Waals surface area contributed by atoms with Crippen LogP contribution in [0.15, 0.2) is 42.6 Å². The third-order valence-corrected chi connectivity index (χ3v) is 6.03. The molecule has 1 saturated heterocycles. The minimum atomic E-state index is -0.392. The summed E-state index contributed by atoms with van der Waals surface area (Å²) in [6.07, 6.45) is 5.76. The first-order chi connectivity index (χ1) is 15.5. The van der Waals surface area contributed by atoms with Crippen LogP contribution in [0.2, 0.25) is 0 Å². The number of benzene rings is 1. The number of methoxy groups -OCH3 is 1. The van der Waals surface area contributed by atoms with E-state index in [-0.39, 0.29) is 11.9 Å². The van der Waals surface area contributed by atoms with Crippen molar-refractivity contribution in [3.8, 4) is 0 Å². The molecule has 1 amide bonds. The maximum atomic E-state index is 13.6. The van der Waals surface area contributed by atoms with Crippen molar-refractivity contribution in [1.82, 2.24) is 14.9 Å². The predicted molar refractivity (Wildman–Crippen MR) is 124 cm³/mol. The van der Waals surface area contributed by atoms with Gasteiger partial charge in [-0.15, -0.1) is 0 Å². The third kappa shape index (κ3) is 4.28. The van der Waals surface area contributed by atoms with Crippen LogP contribution in [0.5, 0.6) is 0 Å². The van der Waals surface area contributed by atoms with Gasteiger partial charge in [-0.2, -0.15) is 0 Å². The zero-order chi connectivity index (χ0) is 22.7. The number of amides is 1. The van der Waals surface area contributed by atoms with E-state index >= 15 is 0 Å². The number of anilines is 2. The number of hydrogen-bond acceptors (Lipinski definition) is 6. The lowest BCUT2D eigenvalue weighted by molar-refractivity contribution is 0.0596. The van der Waals surface area contributed by atoms with Crippen LogP contribution in [-0.2, 0) is 4.74 Å². The molecule has 0 radical (unpaired) electrons. The average Bonchev–Trinajstić information content (AvgIpc) is 2.83. The second-order valence-electron chi connectivity index (χ2n) is 8.12. The number of aryl methyl sites for hydroxylation is 1. The molecule has 1 aliphatic heterocycles. The number of fused-ring (bicyclic) bond motifs is 1. The molecule has 1 atom stereocenters. The highest BCUT2D eigenvalue weighted by atomic mass is 16.5. The van der Waals surface area contributed by atoms with Crippen LogP contribution in [-0.4, -0.2) is 46.4 Å². The van der Waals surface area contributed by atoms with Gasteiger partial charge in [-0.25, -0.2) is 14.8 Å². The Balaban J connectivity index is 1.76. The van der Waals surface area contributed by atoms with Gasteiger partial charge in [0.1, 0.15) is 0 Å². The molecule has 2 aromatic heterocycles. The number of ether oxygens (including phenoxy) is 1. The number of pyridine rings is 2. The minimum Gasteiger partial charge on any atom is -0.465 e. The van der Waals surface area contributed by atoms with Gasteiger partial charge in [-0.3, -0.25) is 4.79 Å². The summed E-state index contributed by atoms with van der Waals surface area (Å²) in [6.45, 7) is 4.80. The number of hydrogen-bond donors (Lipinski definition) is 1. The van der Waals surface area contributed by atoms with Gasteiger partial charge in [-0.05, 0) is 69.0 Å². The number of rotatable bonds is 5. The lowest BCUT2D eigenvalue weighted by atomic mass is 9.98. The van der Waals surface area contributed by atoms with E-state index in [1.165, 1.54) is 7.11 Å². The Labute approximate surface area is 187 Å². The van der Waals surface area contributed by atoms with E-state index in [9.17, 15) is 9.59 Å². The third-order valence-electron chi connectivity index (χ3n) is 6.03. The highest BCUT2D eigenvalue weighted by Gasteiger charge is 2.28. The first-order valence-electron chi connectivity index (χ1n) is 11.0. The molecule has 3 heterocycles. The summed E-state index contributed by atoms with van der Waals surface area (Å²) in [6, 6.07) is 11.1. The van der Waals surface area contributed by atoms with Crippen molar-refractivity contribution in [1.29, 1.82) is 0 Å². The van der Waals surface area contributed by atoms with E-state index in [0.717, 1.165) is 49.0 Å². The fraction of sp³-hybridized carbons (Fsp3) is 0.360. The summed E-state index contributed by atoms with van der Waals surface area (Å²) >= 11 is 0. The number of nitrogens with zero attached hydrogens (tertiary/aromatic N) is 3. The van der Waals surface area contributed by atoms with Crippen molar-refractivity contribution in [3.63, 3.8) is 0 Å². The molecule has 7 nitrogen and oxygen atoms in total. The van der Waals surface area contributed by atoms with E-state index < -0.39 is 5.97 Å². The highest BCUT2D eigenvalue weighted by Crippen LogP contribution is 2.31. The van der Waals surface area contributed by atoms with Crippen LogP contribution in [0, 0.1) is 6.92 Å². The summed E-state index contributed by atoms with van der Waals surface area (Å²) in [5.74, 6) is -0.405. The van der Waals surface area contributed by atoms with Crippen LogP contribution in [0.25, 0.3) is 11.0 Å². The number of carbonyl (C=O) groups is 2. The summed E-state index contributed by atoms with van der Waals surface area (Å²) < 4.78 is 4.78. The van der Waals surface area contributed by atoms with E-state index in [1.807, 2.05) is 24.0 Å². The van der Waals surface area contributed by atoms with Crippen LogP contribution in [0.1, 0.15) is 59.0 Å². The predicted octanol–water partition coefficient (Wildman–Crippen LogP) is 4.87. The van der Waals surface area contributed by atoms with Gasteiger partial charge in [0.15, 0.2) is 5.65 Å². The molecule has 166 valence electrons. The second kappa shape index (κ2) is 9.34. The molecule has 1 N–H and O–H groups in total. The molecule has 1 aliphatic rings. The standard InChI is InChI=1S/C25H28N4O3/c1-4-19-7-5-6-14-29(19)24(30)21-15-26-23-20(13-8-16(2)27-23)22(21)28-18-11-9-17(10-12-18)25(31)32-3/h8-13,15,19H,4-7,14H2,1-3H3,(H,26,27,28)/t19-/m1/s1. The molecule has 0 saturated carbocycles. The summed E-state index contributed by atoms with van der Waals surface area (Å²) in [5, 5.41) is 4.17. The van der Waals surface area contributed by atoms with Crippen molar-refractivity contribution in [2.75, 3.05) is 19.0 Å². The molecule has 0 aliphatic carbocycles. The molecular formula is C25H28N4O3. The second-order valence-corrected chi connectivity index (χ2v) is 8.12. The molecule has 0 unspecified atom stereocenters. The number of likely N-dealkylation sites (tertiary alicyclic amines) is 1. The van der Waals surface area contributed by atoms with E-state index in [4.69, 9.17) is 4.74 Å². The lowest BCUT2D eigenvalue weighted by Gasteiger charge is -2.35. The Bertz CT molecular complexity index is 1140. The van der Waals surface area contributed by atoms with Crippen molar-refractivity contribution in [3.05, 3.63) is 59.4 Å². The topological polar surface area (TPSA) is 84.4 Å². The number of carbonyl (C=O) groups excluding carboxylic acids is 2. The Hall–Kier alpha value is -3.48. The number of aromatic nitrogens is 2. The highest BCUT2D eigenvalue weighted by molar-refractivity contribution is 6.07. The Morgan fingerprint density at radius 1 is 1.16 bits per heavy atom. The zero-order valence-electron chi connectivity index (χ0n) is 18.7. The van der Waals surface area contributed by atoms with Gasteiger partial charge >= 0.3 is 5.97 Å². The van der Waals surface area contributed by atoms with Gasteiger partial charge in [0.2, 0.25) is 0 Å². The van der Waals surface area contributed by atoms with Crippen molar-refractivity contribution < 1.29 is 14.3 Å². The molecule has 7 heteroatoms. The molecule has 1 aromatic carbocycles. The van der Waals surface area contributed by atoms with Crippen LogP contribution in [0.4, 0.5) is 11.4 Å². The first-order valence-corrected chi connectivity index (χ1v) is 11.0. The fourth-order valence-corrected chi connectivity index (χ4v) is 4.27. The van der Waals surface area contributed by atoms with Crippen molar-refractivity contribution >= 4 is 34.3 Å². The Morgan fingerprint density at radius 2 is 1.94 bits per heavy atom. The summed E-state index contributed by atoms with van der Waals surface area (Å²) in [5.41, 5.74) is 3.87. The number of esters is 1. The SMILES string of the molecule is CC[C@@H]1CCCCN1C(=O)c1cnc2nc(C)ccc2c1Nc1ccc(C(=O)OC)cc1. The zero-order valence-corrected chi connectivity index (χ0v) is 18.7. The van der Waals surface area contributed by atoms with Gasteiger partial charge in [-0.1, -0.05) is 6.92 Å². The van der Waals surface area contributed by atoms with Gasteiger partial charge < -0.3 is 15.0 Å². The first kappa shape index (κ1) is 21.7. The van der Waals surface area contributed by atoms with Crippen molar-refractivity contribution in [2.24, 2.45) is 0 Å². The monoisotopic (exact) mass is 432 g/mol. The maximum Gasteiger partial charge on any atom is 0.337 e. The molecule has 3 aromatic rings. The van der Waals surface area contributed by atoms with E-state index in [2.05, 4.69) is 22.2 Å². The summed E-state index contributed by atoms with van der Waals surface area (Å²) in [7, 11) is 1.36. The van der Waals surface area contributed by atoms with Crippen LogP contribution in [0.3, 0.4) is 0 Å². The summed E-state index contributed by atoms with van der Waals surface area (Å²) in [4.78, 5) is 36.4.